The van der Waals surface area contributed by atoms with Crippen molar-refractivity contribution in [3.63, 3.8) is 0 Å². The van der Waals surface area contributed by atoms with E-state index in [1.54, 1.807) is 21.7 Å². The molecule has 4 aromatic heterocycles. The molecule has 0 fully saturated rings. The second-order valence-electron chi connectivity index (χ2n) is 6.51. The van der Waals surface area contributed by atoms with Gasteiger partial charge in [0.2, 0.25) is 5.71 Å². The zero-order chi connectivity index (χ0) is 18.4. The lowest BCUT2D eigenvalue weighted by atomic mass is 10.0. The van der Waals surface area contributed by atoms with Gasteiger partial charge in [-0.1, -0.05) is 13.8 Å². The minimum absolute atomic E-state index is 0.102. The minimum atomic E-state index is -0.340. The van der Waals surface area contributed by atoms with Gasteiger partial charge in [-0.3, -0.25) is 4.79 Å². The van der Waals surface area contributed by atoms with Gasteiger partial charge >= 0.3 is 0 Å². The van der Waals surface area contributed by atoms with Crippen molar-refractivity contribution in [2.24, 2.45) is 5.92 Å². The highest BCUT2D eigenvalue weighted by molar-refractivity contribution is 7.07. The number of hydrogen-bond donors (Lipinski definition) is 1. The van der Waals surface area contributed by atoms with Crippen LogP contribution < -0.4 is 5.32 Å². The summed E-state index contributed by atoms with van der Waals surface area (Å²) in [4.78, 5) is 25.5. The largest absolute Gasteiger partial charge is 0.443 e. The van der Waals surface area contributed by atoms with E-state index in [0.29, 0.717) is 22.9 Å². The lowest BCUT2D eigenvalue weighted by Gasteiger charge is -2.18. The number of aryl methyl sites for hydroxylation is 2. The van der Waals surface area contributed by atoms with Crippen molar-refractivity contribution in [1.29, 1.82) is 0 Å². The number of carbonyl (C=O) groups excluding carboxylic acids is 1. The molecule has 0 aliphatic heterocycles. The summed E-state index contributed by atoms with van der Waals surface area (Å²) in [6, 6.07) is -0.340. The van der Waals surface area contributed by atoms with Gasteiger partial charge in [-0.15, -0.1) is 16.4 Å². The molecule has 1 N–H and O–H groups in total. The lowest BCUT2D eigenvalue weighted by Crippen LogP contribution is -2.32. The quantitative estimate of drug-likeness (QED) is 0.593. The highest BCUT2D eigenvalue weighted by atomic mass is 32.1. The van der Waals surface area contributed by atoms with Crippen molar-refractivity contribution < 1.29 is 9.21 Å². The van der Waals surface area contributed by atoms with Crippen molar-refractivity contribution in [2.75, 3.05) is 0 Å². The first-order valence-electron chi connectivity index (χ1n) is 8.25. The maximum atomic E-state index is 12.4. The molecule has 26 heavy (non-hydrogen) atoms. The van der Waals surface area contributed by atoms with Crippen LogP contribution in [-0.2, 0) is 0 Å². The van der Waals surface area contributed by atoms with E-state index < -0.39 is 0 Å². The molecule has 0 aromatic carbocycles. The third-order valence-corrected chi connectivity index (χ3v) is 5.01. The number of nitrogens with one attached hydrogen (secondary N) is 1. The second-order valence-corrected chi connectivity index (χ2v) is 7.23. The fraction of sp³-hybridized carbons (Fsp3) is 0.353. The standard InChI is InChI=1S/C17H18N6O2S/c1-8(2)13(20-16(24)11-5-26-7-19-11)14-21-15-12-9(3)10(4)25-17(12)18-6-23(15)22-14/h5-8,13H,1-4H3,(H,20,24)/t13-/m0/s1. The molecule has 0 saturated heterocycles. The van der Waals surface area contributed by atoms with E-state index in [0.717, 1.165) is 16.7 Å². The third-order valence-electron chi connectivity index (χ3n) is 4.42. The van der Waals surface area contributed by atoms with Crippen molar-refractivity contribution in [2.45, 2.75) is 33.7 Å². The number of fused-ring (bicyclic) bond motifs is 3. The van der Waals surface area contributed by atoms with Crippen LogP contribution in [0.25, 0.3) is 16.7 Å². The average molecular weight is 370 g/mol. The van der Waals surface area contributed by atoms with E-state index >= 15 is 0 Å². The molecule has 9 heteroatoms. The van der Waals surface area contributed by atoms with E-state index in [9.17, 15) is 4.79 Å². The Morgan fingerprint density at radius 2 is 2.12 bits per heavy atom. The topological polar surface area (TPSA) is 98.2 Å². The van der Waals surface area contributed by atoms with Crippen LogP contribution in [0.2, 0.25) is 0 Å². The van der Waals surface area contributed by atoms with E-state index in [4.69, 9.17) is 9.40 Å². The smallest absolute Gasteiger partial charge is 0.271 e. The number of aromatic nitrogens is 5. The van der Waals surface area contributed by atoms with Gasteiger partial charge in [0.15, 0.2) is 11.5 Å². The summed E-state index contributed by atoms with van der Waals surface area (Å²) in [5, 5.41) is 10.1. The first kappa shape index (κ1) is 16.6. The summed E-state index contributed by atoms with van der Waals surface area (Å²) in [5.74, 6) is 1.21. The molecule has 8 nitrogen and oxygen atoms in total. The monoisotopic (exact) mass is 370 g/mol. The Kier molecular flexibility index (Phi) is 3.95. The molecule has 134 valence electrons. The van der Waals surface area contributed by atoms with Crippen LogP contribution in [0.15, 0.2) is 21.6 Å². The number of amides is 1. The Morgan fingerprint density at radius 1 is 1.31 bits per heavy atom. The summed E-state index contributed by atoms with van der Waals surface area (Å²) in [5.41, 5.74) is 4.24. The van der Waals surface area contributed by atoms with Gasteiger partial charge in [0.25, 0.3) is 5.91 Å². The molecular formula is C17H18N6O2S. The lowest BCUT2D eigenvalue weighted by molar-refractivity contribution is 0.0918. The molecule has 0 spiro atoms. The van der Waals surface area contributed by atoms with Gasteiger partial charge in [0.05, 0.1) is 16.9 Å². The van der Waals surface area contributed by atoms with Gasteiger partial charge in [0.1, 0.15) is 17.8 Å². The summed E-state index contributed by atoms with van der Waals surface area (Å²) in [6.45, 7) is 7.90. The van der Waals surface area contributed by atoms with Crippen LogP contribution in [-0.4, -0.2) is 30.5 Å². The molecule has 0 bridgehead atoms. The summed E-state index contributed by atoms with van der Waals surface area (Å²) in [7, 11) is 0. The summed E-state index contributed by atoms with van der Waals surface area (Å²) >= 11 is 1.38. The van der Waals surface area contributed by atoms with Gasteiger partial charge in [-0.05, 0) is 19.8 Å². The van der Waals surface area contributed by atoms with Crippen molar-refractivity contribution in [1.82, 2.24) is 29.9 Å². The van der Waals surface area contributed by atoms with Gasteiger partial charge < -0.3 is 9.73 Å². The molecule has 0 unspecified atom stereocenters. The van der Waals surface area contributed by atoms with Crippen LogP contribution in [0.4, 0.5) is 0 Å². The third kappa shape index (κ3) is 2.64. The second kappa shape index (κ2) is 6.17. The predicted molar refractivity (Wildman–Crippen MR) is 97.2 cm³/mol. The van der Waals surface area contributed by atoms with E-state index in [-0.39, 0.29) is 17.9 Å². The number of hydrogen-bond acceptors (Lipinski definition) is 7. The molecule has 1 amide bonds. The minimum Gasteiger partial charge on any atom is -0.443 e. The van der Waals surface area contributed by atoms with Crippen LogP contribution in [0.3, 0.4) is 0 Å². The molecule has 0 radical (unpaired) electrons. The Bertz CT molecular complexity index is 1100. The highest BCUT2D eigenvalue weighted by Crippen LogP contribution is 2.28. The van der Waals surface area contributed by atoms with E-state index in [2.05, 4.69) is 20.4 Å². The highest BCUT2D eigenvalue weighted by Gasteiger charge is 2.25. The summed E-state index contributed by atoms with van der Waals surface area (Å²) < 4.78 is 7.30. The Hall–Kier alpha value is -2.81. The van der Waals surface area contributed by atoms with Crippen molar-refractivity contribution in [3.8, 4) is 0 Å². The van der Waals surface area contributed by atoms with E-state index in [1.807, 2.05) is 27.7 Å². The van der Waals surface area contributed by atoms with Crippen molar-refractivity contribution in [3.05, 3.63) is 40.1 Å². The Labute approximate surface area is 153 Å². The molecule has 0 aliphatic carbocycles. The van der Waals surface area contributed by atoms with Gasteiger partial charge in [-0.25, -0.2) is 19.5 Å². The Morgan fingerprint density at radius 3 is 2.81 bits per heavy atom. The SMILES string of the molecule is Cc1oc2ncn3nc([C@@H](NC(=O)c4cscn4)C(C)C)nc3c2c1C. The normalized spacial score (nSPS) is 13.0. The van der Waals surface area contributed by atoms with Gasteiger partial charge in [-0.2, -0.15) is 0 Å². The molecule has 4 heterocycles. The maximum Gasteiger partial charge on any atom is 0.271 e. The number of furan rings is 1. The molecule has 1 atom stereocenters. The molecule has 4 rings (SSSR count). The molecule has 0 saturated carbocycles. The Balaban J connectivity index is 1.78. The maximum absolute atomic E-state index is 12.4. The van der Waals surface area contributed by atoms with Crippen LogP contribution >= 0.6 is 11.3 Å². The zero-order valence-corrected chi connectivity index (χ0v) is 15.7. The van der Waals surface area contributed by atoms with Crippen LogP contribution in [0, 0.1) is 19.8 Å². The number of thiazole rings is 1. The summed E-state index contributed by atoms with van der Waals surface area (Å²) in [6.07, 6.45) is 1.58. The fourth-order valence-corrected chi connectivity index (χ4v) is 3.39. The fourth-order valence-electron chi connectivity index (χ4n) is 2.86. The van der Waals surface area contributed by atoms with Crippen LogP contribution in [0.5, 0.6) is 0 Å². The zero-order valence-electron chi connectivity index (χ0n) is 14.8. The molecule has 4 aromatic rings. The molecular weight excluding hydrogens is 352 g/mol. The van der Waals surface area contributed by atoms with E-state index in [1.165, 1.54) is 11.3 Å². The number of carbonyl (C=O) groups is 1. The predicted octanol–water partition coefficient (Wildman–Crippen LogP) is 3.07. The first-order chi connectivity index (χ1) is 12.5. The van der Waals surface area contributed by atoms with Gasteiger partial charge in [0, 0.05) is 10.9 Å². The van der Waals surface area contributed by atoms with Crippen LogP contribution in [0.1, 0.15) is 47.5 Å². The number of rotatable bonds is 4. The average Bonchev–Trinajstić information content (AvgIpc) is 3.31. The first-order valence-corrected chi connectivity index (χ1v) is 9.20. The number of nitrogens with zero attached hydrogens (tertiary/aromatic N) is 5. The van der Waals surface area contributed by atoms with Crippen molar-refractivity contribution >= 4 is 34.0 Å². The molecule has 0 aliphatic rings.